The van der Waals surface area contributed by atoms with E-state index in [4.69, 9.17) is 16.2 Å². The lowest BCUT2D eigenvalue weighted by Crippen LogP contribution is -2.48. The standard InChI is InChI=1S/C22H33N3O5S/c1-2-30-22(29)15(10-6-4-3-5-9-13-23)19-20(24)31-17-12-8-7-11-16(17)25(21(19)28)14-18(26)27/h7-8,11-12,15,19-20H,2-6,9-10,13-14,23-24H2,1H3,(H,26,27)/t15-,19-,20?/m0/s1. The SMILES string of the molecule is CCOC(=O)[C@@H](CCCCCCCN)[C@@H]1C(=O)N(CC(=O)O)c2ccccc2SC1N. The summed E-state index contributed by atoms with van der Waals surface area (Å²) in [7, 11) is 0. The molecule has 9 heteroatoms. The highest BCUT2D eigenvalue weighted by molar-refractivity contribution is 8.00. The largest absolute Gasteiger partial charge is 0.480 e. The quantitative estimate of drug-likeness (QED) is 0.326. The zero-order valence-corrected chi connectivity index (χ0v) is 18.8. The molecular weight excluding hydrogens is 418 g/mol. The van der Waals surface area contributed by atoms with Crippen LogP contribution >= 0.6 is 11.8 Å². The summed E-state index contributed by atoms with van der Waals surface area (Å²) in [6.45, 7) is 2.09. The van der Waals surface area contributed by atoms with Crippen LogP contribution in [0.25, 0.3) is 0 Å². The van der Waals surface area contributed by atoms with Crippen molar-refractivity contribution in [3.63, 3.8) is 0 Å². The van der Waals surface area contributed by atoms with Crippen LogP contribution in [0.5, 0.6) is 0 Å². The van der Waals surface area contributed by atoms with Gasteiger partial charge < -0.3 is 21.3 Å². The summed E-state index contributed by atoms with van der Waals surface area (Å²) in [5.41, 5.74) is 12.5. The number of carbonyl (C=O) groups excluding carboxylic acids is 2. The van der Waals surface area contributed by atoms with Gasteiger partial charge in [0.25, 0.3) is 0 Å². The van der Waals surface area contributed by atoms with Crippen LogP contribution in [0.2, 0.25) is 0 Å². The normalized spacial score (nSPS) is 19.5. The Balaban J connectivity index is 2.29. The number of amides is 1. The number of unbranched alkanes of at least 4 members (excludes halogenated alkanes) is 4. The van der Waals surface area contributed by atoms with E-state index in [-0.39, 0.29) is 6.61 Å². The molecule has 1 heterocycles. The van der Waals surface area contributed by atoms with E-state index in [1.807, 2.05) is 6.07 Å². The zero-order chi connectivity index (χ0) is 22.8. The zero-order valence-electron chi connectivity index (χ0n) is 18.0. The maximum absolute atomic E-state index is 13.5. The lowest BCUT2D eigenvalue weighted by molar-refractivity contribution is -0.152. The van der Waals surface area contributed by atoms with E-state index < -0.39 is 41.6 Å². The van der Waals surface area contributed by atoms with Gasteiger partial charge in [-0.05, 0) is 38.4 Å². The first-order valence-corrected chi connectivity index (χ1v) is 11.7. The van der Waals surface area contributed by atoms with E-state index >= 15 is 0 Å². The van der Waals surface area contributed by atoms with Crippen molar-refractivity contribution in [3.05, 3.63) is 24.3 Å². The van der Waals surface area contributed by atoms with Gasteiger partial charge in [0.05, 0.1) is 29.5 Å². The molecule has 5 N–H and O–H groups in total. The number of nitrogens with zero attached hydrogens (tertiary/aromatic N) is 1. The van der Waals surface area contributed by atoms with Gasteiger partial charge in [-0.1, -0.05) is 37.8 Å². The Labute approximate surface area is 187 Å². The van der Waals surface area contributed by atoms with Crippen LogP contribution in [0.1, 0.15) is 45.4 Å². The monoisotopic (exact) mass is 451 g/mol. The highest BCUT2D eigenvalue weighted by Gasteiger charge is 2.44. The van der Waals surface area contributed by atoms with Crippen LogP contribution < -0.4 is 16.4 Å². The molecule has 0 fully saturated rings. The Hall–Kier alpha value is -2.10. The van der Waals surface area contributed by atoms with Gasteiger partial charge >= 0.3 is 11.9 Å². The summed E-state index contributed by atoms with van der Waals surface area (Å²) in [6, 6.07) is 7.07. The summed E-state index contributed by atoms with van der Waals surface area (Å²) in [5.74, 6) is -3.64. The molecule has 2 rings (SSSR count). The fourth-order valence-electron chi connectivity index (χ4n) is 3.87. The van der Waals surface area contributed by atoms with Crippen LogP contribution in [-0.2, 0) is 19.1 Å². The molecule has 0 aliphatic carbocycles. The van der Waals surface area contributed by atoms with Gasteiger partial charge in [-0.15, -0.1) is 11.8 Å². The molecule has 8 nitrogen and oxygen atoms in total. The number of benzene rings is 1. The van der Waals surface area contributed by atoms with Crippen LogP contribution in [0.15, 0.2) is 29.2 Å². The topological polar surface area (TPSA) is 136 Å². The lowest BCUT2D eigenvalue weighted by Gasteiger charge is -2.30. The minimum absolute atomic E-state index is 0.203. The number of hydrogen-bond donors (Lipinski definition) is 3. The molecule has 1 aliphatic heterocycles. The third-order valence-corrected chi connectivity index (χ3v) is 6.52. The van der Waals surface area contributed by atoms with E-state index in [2.05, 4.69) is 0 Å². The lowest BCUT2D eigenvalue weighted by atomic mass is 9.85. The average Bonchev–Trinajstić information content (AvgIpc) is 2.82. The Morgan fingerprint density at radius 1 is 1.19 bits per heavy atom. The minimum atomic E-state index is -1.13. The van der Waals surface area contributed by atoms with Gasteiger partial charge in [-0.2, -0.15) is 0 Å². The van der Waals surface area contributed by atoms with Crippen molar-refractivity contribution >= 4 is 35.3 Å². The van der Waals surface area contributed by atoms with Crippen LogP contribution in [-0.4, -0.2) is 48.0 Å². The molecular formula is C22H33N3O5S. The third-order valence-electron chi connectivity index (χ3n) is 5.36. The number of anilines is 1. The molecule has 0 aromatic heterocycles. The maximum atomic E-state index is 13.5. The second kappa shape index (κ2) is 12.7. The number of ether oxygens (including phenoxy) is 1. The van der Waals surface area contributed by atoms with E-state index in [0.717, 1.165) is 37.0 Å². The molecule has 1 aliphatic rings. The number of carboxylic acids is 1. The summed E-state index contributed by atoms with van der Waals surface area (Å²) in [6.07, 6.45) is 5.12. The molecule has 0 radical (unpaired) electrons. The van der Waals surface area contributed by atoms with E-state index in [0.29, 0.717) is 18.7 Å². The Kier molecular flexibility index (Phi) is 10.3. The van der Waals surface area contributed by atoms with Gasteiger partial charge in [-0.3, -0.25) is 19.3 Å². The average molecular weight is 452 g/mol. The van der Waals surface area contributed by atoms with Crippen molar-refractivity contribution < 1.29 is 24.2 Å². The number of para-hydroxylation sites is 1. The molecule has 31 heavy (non-hydrogen) atoms. The van der Waals surface area contributed by atoms with Crippen molar-refractivity contribution in [2.24, 2.45) is 23.3 Å². The second-order valence-electron chi connectivity index (χ2n) is 7.60. The molecule has 0 bridgehead atoms. The number of nitrogens with two attached hydrogens (primary N) is 2. The highest BCUT2D eigenvalue weighted by atomic mass is 32.2. The summed E-state index contributed by atoms with van der Waals surface area (Å²) < 4.78 is 5.28. The maximum Gasteiger partial charge on any atom is 0.323 e. The fraction of sp³-hybridized carbons (Fsp3) is 0.591. The predicted molar refractivity (Wildman–Crippen MR) is 121 cm³/mol. The van der Waals surface area contributed by atoms with Crippen molar-refractivity contribution in [2.45, 2.75) is 55.7 Å². The fourth-order valence-corrected chi connectivity index (χ4v) is 5.07. The van der Waals surface area contributed by atoms with Gasteiger partial charge in [0.2, 0.25) is 5.91 Å². The minimum Gasteiger partial charge on any atom is -0.480 e. The van der Waals surface area contributed by atoms with Crippen LogP contribution in [0, 0.1) is 11.8 Å². The molecule has 3 atom stereocenters. The predicted octanol–water partition coefficient (Wildman–Crippen LogP) is 2.59. The molecule has 0 saturated carbocycles. The Morgan fingerprint density at radius 2 is 1.87 bits per heavy atom. The molecule has 172 valence electrons. The van der Waals surface area contributed by atoms with Crippen molar-refractivity contribution in [2.75, 3.05) is 24.6 Å². The Morgan fingerprint density at radius 3 is 2.55 bits per heavy atom. The van der Waals surface area contributed by atoms with Gasteiger partial charge in [0, 0.05) is 4.90 Å². The number of rotatable bonds is 12. The summed E-state index contributed by atoms with van der Waals surface area (Å²) in [4.78, 5) is 39.8. The van der Waals surface area contributed by atoms with Crippen LogP contribution in [0.3, 0.4) is 0 Å². The van der Waals surface area contributed by atoms with Crippen molar-refractivity contribution in [1.29, 1.82) is 0 Å². The molecule has 1 aromatic rings. The van der Waals surface area contributed by atoms with Gasteiger partial charge in [0.1, 0.15) is 6.54 Å². The van der Waals surface area contributed by atoms with Crippen molar-refractivity contribution in [1.82, 2.24) is 0 Å². The van der Waals surface area contributed by atoms with E-state index in [1.54, 1.807) is 25.1 Å². The Bertz CT molecular complexity index is 760. The third kappa shape index (κ3) is 6.95. The number of hydrogen-bond acceptors (Lipinski definition) is 7. The molecule has 1 aromatic carbocycles. The van der Waals surface area contributed by atoms with E-state index in [1.165, 1.54) is 16.7 Å². The summed E-state index contributed by atoms with van der Waals surface area (Å²) in [5, 5.41) is 8.70. The summed E-state index contributed by atoms with van der Waals surface area (Å²) >= 11 is 1.29. The van der Waals surface area contributed by atoms with Gasteiger partial charge in [-0.25, -0.2) is 0 Å². The number of carboxylic acid groups (broad SMARTS) is 1. The molecule has 0 saturated heterocycles. The number of aliphatic carboxylic acids is 1. The molecule has 1 unspecified atom stereocenters. The first-order valence-electron chi connectivity index (χ1n) is 10.8. The molecule has 0 spiro atoms. The number of thioether (sulfide) groups is 1. The van der Waals surface area contributed by atoms with E-state index in [9.17, 15) is 19.5 Å². The molecule has 1 amide bonds. The van der Waals surface area contributed by atoms with Crippen molar-refractivity contribution in [3.8, 4) is 0 Å². The smallest absolute Gasteiger partial charge is 0.323 e. The number of esters is 1. The number of fused-ring (bicyclic) bond motifs is 1. The first kappa shape index (κ1) is 25.2. The second-order valence-corrected chi connectivity index (χ2v) is 8.82. The van der Waals surface area contributed by atoms with Gasteiger partial charge in [0.15, 0.2) is 0 Å². The number of carbonyl (C=O) groups is 3. The first-order chi connectivity index (χ1) is 14.9. The highest BCUT2D eigenvalue weighted by Crippen LogP contribution is 2.41. The van der Waals surface area contributed by atoms with Crippen LogP contribution in [0.4, 0.5) is 5.69 Å².